The zero-order valence-electron chi connectivity index (χ0n) is 16.7. The fourth-order valence-corrected chi connectivity index (χ4v) is 4.74. The molecular formula is C18H26O13. The summed E-state index contributed by atoms with van der Waals surface area (Å²) in [6, 6.07) is 0. The van der Waals surface area contributed by atoms with E-state index in [4.69, 9.17) is 28.4 Å². The quantitative estimate of drug-likeness (QED) is 0.130. The van der Waals surface area contributed by atoms with Crippen LogP contribution in [0.3, 0.4) is 0 Å². The maximum atomic E-state index is 12.2. The topological polar surface area (TPSA) is 197 Å². The smallest absolute Gasteiger partial charge is 0.337 e. The number of rotatable bonds is 6. The molecule has 1 unspecified atom stereocenters. The highest BCUT2D eigenvalue weighted by molar-refractivity contribution is 5.89. The van der Waals surface area contributed by atoms with E-state index in [0.29, 0.717) is 0 Å². The maximum Gasteiger partial charge on any atom is 0.337 e. The van der Waals surface area contributed by atoms with Gasteiger partial charge in [0.25, 0.3) is 0 Å². The Hall–Kier alpha value is -1.39. The third kappa shape index (κ3) is 3.36. The third-order valence-corrected chi connectivity index (χ3v) is 6.39. The minimum atomic E-state index is -2.06. The van der Waals surface area contributed by atoms with E-state index >= 15 is 0 Å². The molecule has 0 aromatic carbocycles. The molecule has 1 aliphatic carbocycles. The summed E-state index contributed by atoms with van der Waals surface area (Å²) in [5.41, 5.74) is -2.01. The number of methoxy groups -OCH3 is 2. The van der Waals surface area contributed by atoms with E-state index in [-0.39, 0.29) is 5.57 Å². The standard InChI is InChI=1S/C18H26O13/c1-26-14(23)5-4-28-15(31-16-11(22)10(21)9(20)6(3-19)29-16)8-7(5)12-13(30-12)18(8,25)17(24)27-2/h4,6-13,15-17,19-22,24-25H,3H2,1-2H3/t6-,7-,8-,9-,10+,11-,12+,13+,15+,16+,17?,18-/m1/s1. The Kier molecular flexibility index (Phi) is 6.02. The van der Waals surface area contributed by atoms with Crippen molar-refractivity contribution in [2.75, 3.05) is 20.8 Å². The lowest BCUT2D eigenvalue weighted by molar-refractivity contribution is -0.357. The second-order valence-corrected chi connectivity index (χ2v) is 7.95. The van der Waals surface area contributed by atoms with Gasteiger partial charge in [0.2, 0.25) is 6.29 Å². The molecule has 13 nitrogen and oxygen atoms in total. The SMILES string of the molecule is COC(=O)C1=CO[C@@H](O[C@@H]2O[C@H](CO)[C@@H](O)[C@H](O)[C@H]2O)[C@H]2[C@@H]1[C@@H]1O[C@@H]1[C@@]2(O)C(O)OC. The average molecular weight is 450 g/mol. The van der Waals surface area contributed by atoms with E-state index in [1.165, 1.54) is 14.2 Å². The zero-order valence-corrected chi connectivity index (χ0v) is 16.7. The van der Waals surface area contributed by atoms with Crippen LogP contribution in [0.5, 0.6) is 0 Å². The lowest BCUT2D eigenvalue weighted by Crippen LogP contribution is -2.62. The van der Waals surface area contributed by atoms with Crippen molar-refractivity contribution in [3.8, 4) is 0 Å². The lowest BCUT2D eigenvalue weighted by atomic mass is 9.78. The summed E-state index contributed by atoms with van der Waals surface area (Å²) in [4.78, 5) is 12.2. The van der Waals surface area contributed by atoms with Gasteiger partial charge in [0.05, 0.1) is 37.6 Å². The van der Waals surface area contributed by atoms with Crippen molar-refractivity contribution >= 4 is 5.97 Å². The number of carbonyl (C=O) groups excluding carboxylic acids is 1. The molecule has 2 saturated heterocycles. The van der Waals surface area contributed by atoms with Crippen LogP contribution in [0, 0.1) is 11.8 Å². The molecule has 3 aliphatic heterocycles. The summed E-state index contributed by atoms with van der Waals surface area (Å²) in [6.07, 6.45) is -11.4. The Bertz CT molecular complexity index is 727. The van der Waals surface area contributed by atoms with E-state index in [2.05, 4.69) is 0 Å². The van der Waals surface area contributed by atoms with Crippen molar-refractivity contribution in [2.45, 2.75) is 61.1 Å². The van der Waals surface area contributed by atoms with Gasteiger partial charge in [-0.25, -0.2) is 4.79 Å². The number of hydrogen-bond donors (Lipinski definition) is 6. The van der Waals surface area contributed by atoms with E-state index in [9.17, 15) is 35.4 Å². The summed E-state index contributed by atoms with van der Waals surface area (Å²) >= 11 is 0. The number of aliphatic hydroxyl groups is 6. The van der Waals surface area contributed by atoms with Crippen LogP contribution in [0.1, 0.15) is 0 Å². The molecule has 6 N–H and O–H groups in total. The summed E-state index contributed by atoms with van der Waals surface area (Å²) in [6.45, 7) is -0.668. The van der Waals surface area contributed by atoms with Gasteiger partial charge in [-0.3, -0.25) is 0 Å². The van der Waals surface area contributed by atoms with Gasteiger partial charge in [0.1, 0.15) is 30.5 Å². The second kappa shape index (κ2) is 8.19. The molecule has 31 heavy (non-hydrogen) atoms. The number of carbonyl (C=O) groups is 1. The van der Waals surface area contributed by atoms with E-state index in [1.54, 1.807) is 0 Å². The monoisotopic (exact) mass is 450 g/mol. The minimum absolute atomic E-state index is 0.0490. The molecule has 0 aromatic rings. The summed E-state index contributed by atoms with van der Waals surface area (Å²) in [5, 5.41) is 61.3. The van der Waals surface area contributed by atoms with Crippen molar-refractivity contribution in [3.05, 3.63) is 11.8 Å². The van der Waals surface area contributed by atoms with E-state index in [0.717, 1.165) is 6.26 Å². The van der Waals surface area contributed by atoms with Crippen LogP contribution in [0.2, 0.25) is 0 Å². The number of hydrogen-bond acceptors (Lipinski definition) is 13. The Labute approximate surface area is 176 Å². The molecule has 13 heteroatoms. The molecule has 0 spiro atoms. The predicted octanol–water partition coefficient (Wildman–Crippen LogP) is -4.07. The number of fused-ring (bicyclic) bond motifs is 3. The largest absolute Gasteiger partial charge is 0.471 e. The lowest BCUT2D eigenvalue weighted by Gasteiger charge is -2.46. The van der Waals surface area contributed by atoms with Crippen LogP contribution >= 0.6 is 0 Å². The van der Waals surface area contributed by atoms with Crippen molar-refractivity contribution in [2.24, 2.45) is 11.8 Å². The van der Waals surface area contributed by atoms with Crippen LogP contribution < -0.4 is 0 Å². The Morgan fingerprint density at radius 3 is 2.48 bits per heavy atom. The minimum Gasteiger partial charge on any atom is -0.471 e. The number of aliphatic hydroxyl groups excluding tert-OH is 5. The fraction of sp³-hybridized carbons (Fsp3) is 0.833. The Morgan fingerprint density at radius 1 is 1.16 bits per heavy atom. The first-order chi connectivity index (χ1) is 14.7. The zero-order chi connectivity index (χ0) is 22.7. The highest BCUT2D eigenvalue weighted by atomic mass is 16.8. The van der Waals surface area contributed by atoms with Gasteiger partial charge in [-0.2, -0.15) is 0 Å². The normalized spacial score (nSPS) is 49.4. The fourth-order valence-electron chi connectivity index (χ4n) is 4.74. The van der Waals surface area contributed by atoms with Crippen LogP contribution in [0.15, 0.2) is 11.8 Å². The maximum absolute atomic E-state index is 12.2. The van der Waals surface area contributed by atoms with Gasteiger partial charge >= 0.3 is 5.97 Å². The van der Waals surface area contributed by atoms with Crippen molar-refractivity contribution in [1.82, 2.24) is 0 Å². The van der Waals surface area contributed by atoms with Gasteiger partial charge in [0, 0.05) is 13.0 Å². The molecule has 0 radical (unpaired) electrons. The summed E-state index contributed by atoms with van der Waals surface area (Å²) < 4.78 is 31.7. The highest BCUT2D eigenvalue weighted by Gasteiger charge is 2.77. The van der Waals surface area contributed by atoms with Gasteiger partial charge in [-0.05, 0) is 0 Å². The highest BCUT2D eigenvalue weighted by Crippen LogP contribution is 2.60. The number of esters is 1. The molecule has 4 aliphatic rings. The molecule has 12 atom stereocenters. The Balaban J connectivity index is 1.65. The summed E-state index contributed by atoms with van der Waals surface area (Å²) in [5.74, 6) is -2.67. The number of ether oxygens (including phenoxy) is 6. The molecule has 3 heterocycles. The third-order valence-electron chi connectivity index (χ3n) is 6.39. The van der Waals surface area contributed by atoms with Crippen LogP contribution in [-0.4, -0.2) is 119 Å². The molecule has 3 fully saturated rings. The number of epoxide rings is 1. The molecule has 1 saturated carbocycles. The first-order valence-corrected chi connectivity index (χ1v) is 9.69. The predicted molar refractivity (Wildman–Crippen MR) is 93.4 cm³/mol. The second-order valence-electron chi connectivity index (χ2n) is 7.95. The van der Waals surface area contributed by atoms with Crippen molar-refractivity contribution in [1.29, 1.82) is 0 Å². The molecular weight excluding hydrogens is 424 g/mol. The van der Waals surface area contributed by atoms with Crippen LogP contribution in [-0.2, 0) is 33.2 Å². The van der Waals surface area contributed by atoms with E-state index < -0.39 is 85.5 Å². The van der Waals surface area contributed by atoms with Crippen LogP contribution in [0.25, 0.3) is 0 Å². The molecule has 0 aromatic heterocycles. The first kappa shape index (κ1) is 22.8. The van der Waals surface area contributed by atoms with Crippen molar-refractivity contribution < 1.29 is 63.9 Å². The van der Waals surface area contributed by atoms with Crippen molar-refractivity contribution in [3.63, 3.8) is 0 Å². The average Bonchev–Trinajstić information content (AvgIpc) is 3.53. The van der Waals surface area contributed by atoms with Gasteiger partial charge in [-0.15, -0.1) is 0 Å². The molecule has 4 rings (SSSR count). The summed E-state index contributed by atoms with van der Waals surface area (Å²) in [7, 11) is 2.34. The molecule has 176 valence electrons. The van der Waals surface area contributed by atoms with Gasteiger partial charge in [-0.1, -0.05) is 0 Å². The molecule has 0 bridgehead atoms. The van der Waals surface area contributed by atoms with Gasteiger partial charge in [0.15, 0.2) is 18.2 Å². The van der Waals surface area contributed by atoms with E-state index in [1.807, 2.05) is 0 Å². The Morgan fingerprint density at radius 2 is 1.87 bits per heavy atom. The van der Waals surface area contributed by atoms with Gasteiger partial charge < -0.3 is 59.1 Å². The van der Waals surface area contributed by atoms with Crippen LogP contribution in [0.4, 0.5) is 0 Å². The first-order valence-electron chi connectivity index (χ1n) is 9.69. The molecule has 0 amide bonds.